The van der Waals surface area contributed by atoms with Gasteiger partial charge in [0.25, 0.3) is 0 Å². The molecule has 1 fully saturated rings. The summed E-state index contributed by atoms with van der Waals surface area (Å²) in [6.45, 7) is 1.73. The number of aliphatic hydroxyl groups excluding tert-OH is 1. The van der Waals surface area contributed by atoms with Crippen LogP contribution in [-0.2, 0) is 19.4 Å². The van der Waals surface area contributed by atoms with Crippen LogP contribution in [0.1, 0.15) is 42.5 Å². The second kappa shape index (κ2) is 5.47. The van der Waals surface area contributed by atoms with Gasteiger partial charge >= 0.3 is 0 Å². The van der Waals surface area contributed by atoms with Gasteiger partial charge in [0.15, 0.2) is 0 Å². The van der Waals surface area contributed by atoms with E-state index in [1.807, 2.05) is 0 Å². The monoisotopic (exact) mass is 261 g/mol. The summed E-state index contributed by atoms with van der Waals surface area (Å²) in [5, 5.41) is 9.50. The number of anilines is 1. The van der Waals surface area contributed by atoms with Gasteiger partial charge in [-0.2, -0.15) is 0 Å². The predicted molar refractivity (Wildman–Crippen MR) is 76.2 cm³/mol. The number of nitrogens with zero attached hydrogens (tertiary/aromatic N) is 2. The standard InChI is InChI=1S/C15H23N3O/c16-9-12-8-11-4-1-2-6-14(11)17-15(12)18-7-3-5-13(18)10-19/h8,13,19H,1-7,9-10,16H2. The summed E-state index contributed by atoms with van der Waals surface area (Å²) in [6.07, 6.45) is 6.92. The molecule has 1 aliphatic heterocycles. The highest BCUT2D eigenvalue weighted by atomic mass is 16.3. The molecule has 1 unspecified atom stereocenters. The van der Waals surface area contributed by atoms with Crippen molar-refractivity contribution in [1.82, 2.24) is 4.98 Å². The van der Waals surface area contributed by atoms with Gasteiger partial charge in [-0.15, -0.1) is 0 Å². The fraction of sp³-hybridized carbons (Fsp3) is 0.667. The van der Waals surface area contributed by atoms with Crippen molar-refractivity contribution in [3.05, 3.63) is 22.9 Å². The number of pyridine rings is 1. The van der Waals surface area contributed by atoms with Gasteiger partial charge in [-0.1, -0.05) is 0 Å². The van der Waals surface area contributed by atoms with Crippen LogP contribution in [0.2, 0.25) is 0 Å². The summed E-state index contributed by atoms with van der Waals surface area (Å²) < 4.78 is 0. The summed E-state index contributed by atoms with van der Waals surface area (Å²) in [6, 6.07) is 2.48. The van der Waals surface area contributed by atoms with E-state index in [0.717, 1.165) is 43.6 Å². The molecule has 1 aliphatic carbocycles. The van der Waals surface area contributed by atoms with Gasteiger partial charge in [0.05, 0.1) is 12.6 Å². The maximum atomic E-state index is 9.50. The van der Waals surface area contributed by atoms with Crippen LogP contribution in [0.3, 0.4) is 0 Å². The molecule has 0 amide bonds. The number of hydrogen-bond donors (Lipinski definition) is 2. The minimum atomic E-state index is 0.211. The molecule has 1 saturated heterocycles. The molecule has 3 N–H and O–H groups in total. The van der Waals surface area contributed by atoms with Crippen molar-refractivity contribution in [3.8, 4) is 0 Å². The second-order valence-corrected chi connectivity index (χ2v) is 5.66. The van der Waals surface area contributed by atoms with Crippen molar-refractivity contribution >= 4 is 5.82 Å². The van der Waals surface area contributed by atoms with Gasteiger partial charge in [0.2, 0.25) is 0 Å². The van der Waals surface area contributed by atoms with Crippen LogP contribution in [0.15, 0.2) is 6.07 Å². The van der Waals surface area contributed by atoms with Gasteiger partial charge in [0, 0.05) is 24.3 Å². The Morgan fingerprint density at radius 3 is 2.95 bits per heavy atom. The third kappa shape index (κ3) is 2.35. The molecule has 1 aromatic rings. The first-order chi connectivity index (χ1) is 9.33. The average molecular weight is 261 g/mol. The minimum absolute atomic E-state index is 0.211. The Kier molecular flexibility index (Phi) is 3.71. The maximum Gasteiger partial charge on any atom is 0.133 e. The van der Waals surface area contributed by atoms with E-state index in [4.69, 9.17) is 10.7 Å². The summed E-state index contributed by atoms with van der Waals surface area (Å²) in [5.41, 5.74) is 9.69. The van der Waals surface area contributed by atoms with E-state index in [1.165, 1.54) is 24.1 Å². The maximum absolute atomic E-state index is 9.50. The zero-order chi connectivity index (χ0) is 13.2. The zero-order valence-electron chi connectivity index (χ0n) is 11.4. The number of nitrogens with two attached hydrogens (primary N) is 1. The predicted octanol–water partition coefficient (Wildman–Crippen LogP) is 1.38. The van der Waals surface area contributed by atoms with E-state index in [2.05, 4.69) is 11.0 Å². The van der Waals surface area contributed by atoms with E-state index >= 15 is 0 Å². The van der Waals surface area contributed by atoms with E-state index < -0.39 is 0 Å². The van der Waals surface area contributed by atoms with E-state index in [1.54, 1.807) is 0 Å². The topological polar surface area (TPSA) is 62.4 Å². The zero-order valence-corrected chi connectivity index (χ0v) is 11.4. The van der Waals surface area contributed by atoms with Gasteiger partial charge in [-0.3, -0.25) is 0 Å². The van der Waals surface area contributed by atoms with Crippen LogP contribution in [0.4, 0.5) is 5.82 Å². The van der Waals surface area contributed by atoms with Crippen molar-refractivity contribution in [1.29, 1.82) is 0 Å². The quantitative estimate of drug-likeness (QED) is 0.863. The molecule has 19 heavy (non-hydrogen) atoms. The summed E-state index contributed by atoms with van der Waals surface area (Å²) in [4.78, 5) is 7.16. The van der Waals surface area contributed by atoms with Crippen LogP contribution in [-0.4, -0.2) is 29.3 Å². The largest absolute Gasteiger partial charge is 0.394 e. The number of aliphatic hydroxyl groups is 1. The van der Waals surface area contributed by atoms with Gasteiger partial charge < -0.3 is 15.7 Å². The van der Waals surface area contributed by atoms with Gasteiger partial charge in [-0.05, 0) is 50.2 Å². The molecule has 0 saturated carbocycles. The normalized spacial score (nSPS) is 22.6. The van der Waals surface area contributed by atoms with Crippen LogP contribution in [0, 0.1) is 0 Å². The average Bonchev–Trinajstić information content (AvgIpc) is 2.94. The van der Waals surface area contributed by atoms with Crippen LogP contribution in [0.5, 0.6) is 0 Å². The Morgan fingerprint density at radius 2 is 2.16 bits per heavy atom. The van der Waals surface area contributed by atoms with E-state index in [9.17, 15) is 5.11 Å². The Morgan fingerprint density at radius 1 is 1.32 bits per heavy atom. The molecule has 0 aromatic carbocycles. The highest BCUT2D eigenvalue weighted by Crippen LogP contribution is 2.30. The van der Waals surface area contributed by atoms with Gasteiger partial charge in [-0.25, -0.2) is 4.98 Å². The summed E-state index contributed by atoms with van der Waals surface area (Å²) >= 11 is 0. The molecule has 104 valence electrons. The highest BCUT2D eigenvalue weighted by Gasteiger charge is 2.27. The first-order valence-electron chi connectivity index (χ1n) is 7.42. The van der Waals surface area contributed by atoms with Crippen molar-refractivity contribution in [2.24, 2.45) is 5.73 Å². The Hall–Kier alpha value is -1.13. The summed E-state index contributed by atoms with van der Waals surface area (Å²) in [7, 11) is 0. The molecule has 4 nitrogen and oxygen atoms in total. The fourth-order valence-corrected chi connectivity index (χ4v) is 3.37. The third-order valence-electron chi connectivity index (χ3n) is 4.44. The molecule has 0 bridgehead atoms. The van der Waals surface area contributed by atoms with Crippen LogP contribution in [0.25, 0.3) is 0 Å². The van der Waals surface area contributed by atoms with Crippen molar-refractivity contribution in [2.75, 3.05) is 18.1 Å². The molecule has 1 aromatic heterocycles. The Labute approximate surface area is 114 Å². The second-order valence-electron chi connectivity index (χ2n) is 5.66. The Bertz CT molecular complexity index is 461. The highest BCUT2D eigenvalue weighted by molar-refractivity contribution is 5.52. The first kappa shape index (κ1) is 12.9. The third-order valence-corrected chi connectivity index (χ3v) is 4.44. The number of fused-ring (bicyclic) bond motifs is 1. The molecule has 1 atom stereocenters. The van der Waals surface area contributed by atoms with Crippen LogP contribution >= 0.6 is 0 Å². The molecular formula is C15H23N3O. The van der Waals surface area contributed by atoms with Crippen molar-refractivity contribution in [2.45, 2.75) is 51.1 Å². The fourth-order valence-electron chi connectivity index (χ4n) is 3.37. The Balaban J connectivity index is 1.99. The molecular weight excluding hydrogens is 238 g/mol. The first-order valence-corrected chi connectivity index (χ1v) is 7.42. The van der Waals surface area contributed by atoms with Gasteiger partial charge in [0.1, 0.15) is 5.82 Å². The lowest BCUT2D eigenvalue weighted by Crippen LogP contribution is -2.34. The molecule has 0 spiro atoms. The van der Waals surface area contributed by atoms with Crippen LogP contribution < -0.4 is 10.6 Å². The molecule has 2 heterocycles. The SMILES string of the molecule is NCc1cc2c(nc1N1CCCC1CO)CCCC2. The van der Waals surface area contributed by atoms with E-state index in [-0.39, 0.29) is 12.6 Å². The molecule has 2 aliphatic rings. The lowest BCUT2D eigenvalue weighted by atomic mass is 9.94. The molecule has 0 radical (unpaired) electrons. The number of hydrogen-bond acceptors (Lipinski definition) is 4. The molecule has 4 heteroatoms. The minimum Gasteiger partial charge on any atom is -0.394 e. The number of rotatable bonds is 3. The smallest absolute Gasteiger partial charge is 0.133 e. The number of aryl methyl sites for hydroxylation is 2. The van der Waals surface area contributed by atoms with Crippen molar-refractivity contribution < 1.29 is 5.11 Å². The lowest BCUT2D eigenvalue weighted by Gasteiger charge is -2.28. The summed E-state index contributed by atoms with van der Waals surface area (Å²) in [5.74, 6) is 1.03. The number of aromatic nitrogens is 1. The lowest BCUT2D eigenvalue weighted by molar-refractivity contribution is 0.266. The molecule has 3 rings (SSSR count). The van der Waals surface area contributed by atoms with E-state index in [0.29, 0.717) is 6.54 Å². The van der Waals surface area contributed by atoms with Crippen molar-refractivity contribution in [3.63, 3.8) is 0 Å².